The van der Waals surface area contributed by atoms with Gasteiger partial charge in [0.2, 0.25) is 0 Å². The monoisotopic (exact) mass is 396 g/mol. The molecule has 2 heterocycles. The van der Waals surface area contributed by atoms with Crippen LogP contribution in [0.15, 0.2) is 36.7 Å². The molecule has 6 nitrogen and oxygen atoms in total. The Balaban J connectivity index is 1.53. The Labute approximate surface area is 173 Å². The maximum Gasteiger partial charge on any atom is 0.256 e. The molecule has 1 aromatic heterocycles. The van der Waals surface area contributed by atoms with Crippen molar-refractivity contribution in [2.45, 2.75) is 33.1 Å². The second kappa shape index (κ2) is 10.3. The highest BCUT2D eigenvalue weighted by Gasteiger charge is 2.24. The molecule has 0 bridgehead atoms. The average Bonchev–Trinajstić information content (AvgIpc) is 2.76. The number of benzene rings is 1. The Morgan fingerprint density at radius 2 is 2.10 bits per heavy atom. The van der Waals surface area contributed by atoms with Crippen molar-refractivity contribution in [1.29, 1.82) is 0 Å². The van der Waals surface area contributed by atoms with Crippen molar-refractivity contribution in [2.75, 3.05) is 39.8 Å². The van der Waals surface area contributed by atoms with E-state index < -0.39 is 0 Å². The van der Waals surface area contributed by atoms with E-state index in [0.29, 0.717) is 23.9 Å². The summed E-state index contributed by atoms with van der Waals surface area (Å²) in [5, 5.41) is 0. The fourth-order valence-electron chi connectivity index (χ4n) is 3.97. The Kier molecular flexibility index (Phi) is 7.58. The minimum Gasteiger partial charge on any atom is -0.497 e. The number of aromatic nitrogens is 2. The van der Waals surface area contributed by atoms with Gasteiger partial charge < -0.3 is 14.5 Å². The summed E-state index contributed by atoms with van der Waals surface area (Å²) in [6, 6.07) is 8.30. The van der Waals surface area contributed by atoms with Crippen LogP contribution in [-0.4, -0.2) is 65.5 Å². The van der Waals surface area contributed by atoms with E-state index in [9.17, 15) is 4.79 Å². The molecule has 0 spiro atoms. The quantitative estimate of drug-likeness (QED) is 0.686. The third-order valence-electron chi connectivity index (χ3n) is 5.63. The van der Waals surface area contributed by atoms with Crippen LogP contribution in [0.5, 0.6) is 5.75 Å². The molecule has 0 radical (unpaired) electrons. The molecule has 1 saturated heterocycles. The van der Waals surface area contributed by atoms with E-state index in [1.165, 1.54) is 18.4 Å². The lowest BCUT2D eigenvalue weighted by atomic mass is 9.96. The van der Waals surface area contributed by atoms with E-state index in [2.05, 4.69) is 27.0 Å². The summed E-state index contributed by atoms with van der Waals surface area (Å²) in [5.74, 6) is 2.13. The maximum atomic E-state index is 12.8. The van der Waals surface area contributed by atoms with E-state index in [-0.39, 0.29) is 5.91 Å². The fourth-order valence-corrected chi connectivity index (χ4v) is 3.97. The van der Waals surface area contributed by atoms with Crippen molar-refractivity contribution in [3.63, 3.8) is 0 Å². The van der Waals surface area contributed by atoms with Gasteiger partial charge in [0.25, 0.3) is 5.91 Å². The van der Waals surface area contributed by atoms with Crippen LogP contribution in [0.1, 0.15) is 41.5 Å². The van der Waals surface area contributed by atoms with Gasteiger partial charge in [-0.2, -0.15) is 0 Å². The van der Waals surface area contributed by atoms with E-state index in [1.54, 1.807) is 19.5 Å². The van der Waals surface area contributed by atoms with Crippen LogP contribution in [0.4, 0.5) is 0 Å². The zero-order valence-corrected chi connectivity index (χ0v) is 17.8. The largest absolute Gasteiger partial charge is 0.497 e. The highest BCUT2D eigenvalue weighted by Crippen LogP contribution is 2.20. The van der Waals surface area contributed by atoms with Gasteiger partial charge in [0.15, 0.2) is 0 Å². The second-order valence-corrected chi connectivity index (χ2v) is 7.77. The van der Waals surface area contributed by atoms with E-state index in [1.807, 2.05) is 30.9 Å². The summed E-state index contributed by atoms with van der Waals surface area (Å²) in [4.78, 5) is 25.6. The minimum absolute atomic E-state index is 0.0287. The molecule has 3 rings (SSSR count). The summed E-state index contributed by atoms with van der Waals surface area (Å²) in [6.07, 6.45) is 6.64. The number of ether oxygens (including phenoxy) is 1. The Morgan fingerprint density at radius 1 is 1.31 bits per heavy atom. The van der Waals surface area contributed by atoms with Gasteiger partial charge in [-0.25, -0.2) is 9.97 Å². The first kappa shape index (κ1) is 21.2. The number of nitrogens with zero attached hydrogens (tertiary/aromatic N) is 4. The molecule has 2 aromatic rings. The first-order valence-corrected chi connectivity index (χ1v) is 10.5. The minimum atomic E-state index is 0.0287. The molecule has 1 aliphatic heterocycles. The highest BCUT2D eigenvalue weighted by atomic mass is 16.5. The lowest BCUT2D eigenvalue weighted by molar-refractivity contribution is 0.0690. The number of hydrogen-bond donors (Lipinski definition) is 0. The molecule has 156 valence electrons. The molecule has 1 aliphatic rings. The highest BCUT2D eigenvalue weighted by molar-refractivity contribution is 5.93. The molecule has 0 saturated carbocycles. The summed E-state index contributed by atoms with van der Waals surface area (Å²) in [7, 11) is 1.71. The normalized spacial score (nSPS) is 17.1. The van der Waals surface area contributed by atoms with Gasteiger partial charge in [-0.3, -0.25) is 4.79 Å². The van der Waals surface area contributed by atoms with Crippen molar-refractivity contribution in [3.8, 4) is 5.75 Å². The molecule has 0 N–H and O–H groups in total. The SMILES string of the molecule is CCN(C[C@@H]1CCCN(CCc2cccc(OC)c2)C1)C(=O)c1cnc(C)nc1. The van der Waals surface area contributed by atoms with Crippen LogP contribution in [0.3, 0.4) is 0 Å². The van der Waals surface area contributed by atoms with E-state index >= 15 is 0 Å². The smallest absolute Gasteiger partial charge is 0.256 e. The topological polar surface area (TPSA) is 58.6 Å². The molecule has 29 heavy (non-hydrogen) atoms. The average molecular weight is 397 g/mol. The Morgan fingerprint density at radius 3 is 2.83 bits per heavy atom. The number of amides is 1. The van der Waals surface area contributed by atoms with Crippen molar-refractivity contribution < 1.29 is 9.53 Å². The summed E-state index contributed by atoms with van der Waals surface area (Å²) < 4.78 is 5.33. The third kappa shape index (κ3) is 6.00. The van der Waals surface area contributed by atoms with Crippen LogP contribution in [0.2, 0.25) is 0 Å². The summed E-state index contributed by atoms with van der Waals surface area (Å²) >= 11 is 0. The van der Waals surface area contributed by atoms with Gasteiger partial charge >= 0.3 is 0 Å². The molecule has 1 aromatic carbocycles. The van der Waals surface area contributed by atoms with Gasteiger partial charge in [0.1, 0.15) is 11.6 Å². The number of hydrogen-bond acceptors (Lipinski definition) is 5. The molecule has 6 heteroatoms. The first-order valence-electron chi connectivity index (χ1n) is 10.5. The van der Waals surface area contributed by atoms with Gasteiger partial charge in [0.05, 0.1) is 12.7 Å². The van der Waals surface area contributed by atoms with Crippen LogP contribution >= 0.6 is 0 Å². The molecule has 1 atom stereocenters. The van der Waals surface area contributed by atoms with Crippen LogP contribution in [-0.2, 0) is 6.42 Å². The molecule has 0 unspecified atom stereocenters. The van der Waals surface area contributed by atoms with Crippen molar-refractivity contribution in [1.82, 2.24) is 19.8 Å². The van der Waals surface area contributed by atoms with E-state index in [0.717, 1.165) is 38.3 Å². The number of aryl methyl sites for hydroxylation is 1. The van der Waals surface area contributed by atoms with Gasteiger partial charge in [0, 0.05) is 38.6 Å². The number of likely N-dealkylation sites (tertiary alicyclic amines) is 1. The molecule has 0 aliphatic carbocycles. The van der Waals surface area contributed by atoms with Crippen molar-refractivity contribution >= 4 is 5.91 Å². The number of piperidine rings is 1. The Bertz CT molecular complexity index is 794. The predicted octanol–water partition coefficient (Wildman–Crippen LogP) is 3.21. The second-order valence-electron chi connectivity index (χ2n) is 7.77. The van der Waals surface area contributed by atoms with Gasteiger partial charge in [-0.15, -0.1) is 0 Å². The lowest BCUT2D eigenvalue weighted by Gasteiger charge is -2.35. The van der Waals surface area contributed by atoms with Crippen molar-refractivity contribution in [3.05, 3.63) is 53.6 Å². The standard InChI is InChI=1S/C23H32N4O2/c1-4-27(23(28)21-14-24-18(2)25-15-21)17-20-8-6-11-26(16-20)12-10-19-7-5-9-22(13-19)29-3/h5,7,9,13-15,20H,4,6,8,10-12,16-17H2,1-3H3/t20-/m1/s1. The van der Waals surface area contributed by atoms with Crippen LogP contribution in [0, 0.1) is 12.8 Å². The van der Waals surface area contributed by atoms with Crippen LogP contribution < -0.4 is 4.74 Å². The molecular weight excluding hydrogens is 364 g/mol. The van der Waals surface area contributed by atoms with Crippen LogP contribution in [0.25, 0.3) is 0 Å². The third-order valence-corrected chi connectivity index (χ3v) is 5.63. The molecular formula is C23H32N4O2. The van der Waals surface area contributed by atoms with Crippen molar-refractivity contribution in [2.24, 2.45) is 5.92 Å². The Hall–Kier alpha value is -2.47. The number of methoxy groups -OCH3 is 1. The molecule has 1 amide bonds. The van der Waals surface area contributed by atoms with E-state index in [4.69, 9.17) is 4.74 Å². The summed E-state index contributed by atoms with van der Waals surface area (Å²) in [6.45, 7) is 8.57. The first-order chi connectivity index (χ1) is 14.1. The predicted molar refractivity (Wildman–Crippen MR) is 114 cm³/mol. The molecule has 1 fully saturated rings. The zero-order valence-electron chi connectivity index (χ0n) is 17.8. The number of carbonyl (C=O) groups is 1. The van der Waals surface area contributed by atoms with Gasteiger partial charge in [-0.05, 0) is 63.3 Å². The number of carbonyl (C=O) groups excluding carboxylic acids is 1. The summed E-state index contributed by atoms with van der Waals surface area (Å²) in [5.41, 5.74) is 1.87. The zero-order chi connectivity index (χ0) is 20.6. The fraction of sp³-hybridized carbons (Fsp3) is 0.522. The maximum absolute atomic E-state index is 12.8. The number of rotatable bonds is 8. The lowest BCUT2D eigenvalue weighted by Crippen LogP contribution is -2.43. The van der Waals surface area contributed by atoms with Gasteiger partial charge in [-0.1, -0.05) is 12.1 Å².